The lowest BCUT2D eigenvalue weighted by atomic mass is 10.0. The van der Waals surface area contributed by atoms with Crippen molar-refractivity contribution in [2.24, 2.45) is 0 Å². The predicted octanol–water partition coefficient (Wildman–Crippen LogP) is 2.23. The van der Waals surface area contributed by atoms with E-state index >= 15 is 0 Å². The summed E-state index contributed by atoms with van der Waals surface area (Å²) in [5, 5.41) is 11.3. The van der Waals surface area contributed by atoms with E-state index in [1.165, 1.54) is 26.2 Å². The molecule has 0 spiro atoms. The zero-order valence-electron chi connectivity index (χ0n) is 13.1. The van der Waals surface area contributed by atoms with Gasteiger partial charge >= 0.3 is 5.63 Å². The fraction of sp³-hybridized carbons (Fsp3) is 0.294. The SMILES string of the molecule is CC(C)(O)C(COc1c2ccoc2cc2oc(=O)ccc12)OC=O. The molecule has 0 aliphatic rings. The first kappa shape index (κ1) is 16.1. The quantitative estimate of drug-likeness (QED) is 0.546. The second-order valence-electron chi connectivity index (χ2n) is 5.89. The summed E-state index contributed by atoms with van der Waals surface area (Å²) in [6, 6.07) is 6.20. The van der Waals surface area contributed by atoms with Crippen LogP contribution in [0, 0.1) is 0 Å². The number of rotatable bonds is 6. The van der Waals surface area contributed by atoms with Crippen LogP contribution < -0.4 is 10.4 Å². The summed E-state index contributed by atoms with van der Waals surface area (Å²) in [5.41, 5.74) is -0.967. The summed E-state index contributed by atoms with van der Waals surface area (Å²) in [5.74, 6) is 0.420. The molecular formula is C17H16O7. The first-order valence-corrected chi connectivity index (χ1v) is 7.28. The molecule has 2 heterocycles. The van der Waals surface area contributed by atoms with Crippen molar-refractivity contribution in [3.05, 3.63) is 40.9 Å². The first-order valence-electron chi connectivity index (χ1n) is 7.28. The topological polar surface area (TPSA) is 99.1 Å². The molecule has 0 aliphatic heterocycles. The summed E-state index contributed by atoms with van der Waals surface area (Å²) in [6.07, 6.45) is 0.618. The van der Waals surface area contributed by atoms with E-state index in [1.807, 2.05) is 0 Å². The highest BCUT2D eigenvalue weighted by atomic mass is 16.6. The number of benzene rings is 1. The number of hydrogen-bond donors (Lipinski definition) is 1. The van der Waals surface area contributed by atoms with E-state index < -0.39 is 17.3 Å². The number of ether oxygens (including phenoxy) is 2. The summed E-state index contributed by atoms with van der Waals surface area (Å²) >= 11 is 0. The number of fused-ring (bicyclic) bond motifs is 2. The normalized spacial score (nSPS) is 13.1. The van der Waals surface area contributed by atoms with Crippen LogP contribution >= 0.6 is 0 Å². The van der Waals surface area contributed by atoms with E-state index in [1.54, 1.807) is 18.2 Å². The van der Waals surface area contributed by atoms with E-state index in [-0.39, 0.29) is 13.1 Å². The Morgan fingerprint density at radius 2 is 2.00 bits per heavy atom. The molecule has 0 radical (unpaired) electrons. The van der Waals surface area contributed by atoms with Crippen molar-refractivity contribution in [2.45, 2.75) is 25.6 Å². The van der Waals surface area contributed by atoms with Crippen LogP contribution in [-0.2, 0) is 9.53 Å². The highest BCUT2D eigenvalue weighted by Gasteiger charge is 2.29. The van der Waals surface area contributed by atoms with Gasteiger partial charge < -0.3 is 23.4 Å². The van der Waals surface area contributed by atoms with Gasteiger partial charge in [0.2, 0.25) is 0 Å². The Balaban J connectivity index is 2.04. The number of aliphatic hydroxyl groups is 1. The predicted molar refractivity (Wildman–Crippen MR) is 85.0 cm³/mol. The van der Waals surface area contributed by atoms with Crippen LogP contribution in [0.1, 0.15) is 13.8 Å². The van der Waals surface area contributed by atoms with Crippen molar-refractivity contribution < 1.29 is 28.2 Å². The third-order valence-electron chi connectivity index (χ3n) is 3.70. The fourth-order valence-electron chi connectivity index (χ4n) is 2.40. The van der Waals surface area contributed by atoms with Crippen LogP contribution in [0.15, 0.2) is 44.2 Å². The van der Waals surface area contributed by atoms with E-state index in [0.29, 0.717) is 27.7 Å². The molecule has 7 nitrogen and oxygen atoms in total. The lowest BCUT2D eigenvalue weighted by Crippen LogP contribution is -2.42. The van der Waals surface area contributed by atoms with Gasteiger partial charge in [-0.2, -0.15) is 0 Å². The Morgan fingerprint density at radius 3 is 2.71 bits per heavy atom. The Hall–Kier alpha value is -2.80. The van der Waals surface area contributed by atoms with E-state index in [4.69, 9.17) is 18.3 Å². The molecule has 0 aliphatic carbocycles. The van der Waals surface area contributed by atoms with Crippen LogP contribution in [-0.4, -0.2) is 29.9 Å². The molecule has 1 atom stereocenters. The average Bonchev–Trinajstić information content (AvgIpc) is 2.96. The van der Waals surface area contributed by atoms with Crippen LogP contribution in [0.2, 0.25) is 0 Å². The van der Waals surface area contributed by atoms with Crippen molar-refractivity contribution in [1.82, 2.24) is 0 Å². The molecule has 3 rings (SSSR count). The minimum Gasteiger partial charge on any atom is -0.488 e. The molecule has 0 amide bonds. The molecule has 1 N–H and O–H groups in total. The van der Waals surface area contributed by atoms with E-state index in [2.05, 4.69) is 0 Å². The van der Waals surface area contributed by atoms with Gasteiger partial charge in [0.15, 0.2) is 6.10 Å². The van der Waals surface area contributed by atoms with Crippen molar-refractivity contribution in [3.8, 4) is 5.75 Å². The van der Waals surface area contributed by atoms with E-state index in [0.717, 1.165) is 0 Å². The van der Waals surface area contributed by atoms with Gasteiger partial charge in [-0.15, -0.1) is 0 Å². The van der Waals surface area contributed by atoms with Crippen LogP contribution in [0.5, 0.6) is 5.75 Å². The standard InChI is InChI=1S/C17H16O7/c1-17(2,20)14(23-9-18)8-22-16-10-3-4-15(19)24-13(10)7-12-11(16)5-6-21-12/h3-7,9,14,20H,8H2,1-2H3. The summed E-state index contributed by atoms with van der Waals surface area (Å²) in [4.78, 5) is 22.1. The minimum atomic E-state index is -1.28. The average molecular weight is 332 g/mol. The lowest BCUT2D eigenvalue weighted by Gasteiger charge is -2.27. The fourth-order valence-corrected chi connectivity index (χ4v) is 2.40. The highest BCUT2D eigenvalue weighted by Crippen LogP contribution is 2.35. The molecule has 126 valence electrons. The van der Waals surface area contributed by atoms with Gasteiger partial charge in [0.1, 0.15) is 23.5 Å². The summed E-state index contributed by atoms with van der Waals surface area (Å²) < 4.78 is 21.2. The maximum atomic E-state index is 11.4. The molecular weight excluding hydrogens is 316 g/mol. The number of hydrogen-bond acceptors (Lipinski definition) is 7. The van der Waals surface area contributed by atoms with E-state index in [9.17, 15) is 14.7 Å². The van der Waals surface area contributed by atoms with Crippen molar-refractivity contribution in [3.63, 3.8) is 0 Å². The largest absolute Gasteiger partial charge is 0.488 e. The molecule has 7 heteroatoms. The van der Waals surface area contributed by atoms with Gasteiger partial charge in [0.25, 0.3) is 6.47 Å². The minimum absolute atomic E-state index is 0.0826. The number of carbonyl (C=O) groups is 1. The van der Waals surface area contributed by atoms with Gasteiger partial charge in [-0.3, -0.25) is 4.79 Å². The van der Waals surface area contributed by atoms with Crippen LogP contribution in [0.25, 0.3) is 21.9 Å². The summed E-state index contributed by atoms with van der Waals surface area (Å²) in [7, 11) is 0. The molecule has 1 aromatic carbocycles. The maximum absolute atomic E-state index is 11.4. The molecule has 3 aromatic rings. The van der Waals surface area contributed by atoms with Gasteiger partial charge in [0.05, 0.1) is 22.6 Å². The monoisotopic (exact) mass is 332 g/mol. The van der Waals surface area contributed by atoms with Crippen LogP contribution in [0.3, 0.4) is 0 Å². The smallest absolute Gasteiger partial charge is 0.336 e. The molecule has 24 heavy (non-hydrogen) atoms. The Morgan fingerprint density at radius 1 is 1.25 bits per heavy atom. The van der Waals surface area contributed by atoms with Crippen molar-refractivity contribution in [2.75, 3.05) is 6.61 Å². The second-order valence-corrected chi connectivity index (χ2v) is 5.89. The number of furan rings is 1. The van der Waals surface area contributed by atoms with Gasteiger partial charge in [-0.05, 0) is 26.0 Å². The Labute approximate surface area is 136 Å². The first-order chi connectivity index (χ1) is 11.4. The van der Waals surface area contributed by atoms with Gasteiger partial charge in [0, 0.05) is 12.1 Å². The Kier molecular flexibility index (Phi) is 4.02. The van der Waals surface area contributed by atoms with Gasteiger partial charge in [-0.25, -0.2) is 4.79 Å². The van der Waals surface area contributed by atoms with Crippen molar-refractivity contribution in [1.29, 1.82) is 0 Å². The zero-order valence-corrected chi connectivity index (χ0v) is 13.1. The lowest BCUT2D eigenvalue weighted by molar-refractivity contribution is -0.149. The molecule has 1 unspecified atom stereocenters. The van der Waals surface area contributed by atoms with Crippen LogP contribution in [0.4, 0.5) is 0 Å². The molecule has 0 fully saturated rings. The molecule has 0 saturated carbocycles. The van der Waals surface area contributed by atoms with Crippen molar-refractivity contribution >= 4 is 28.4 Å². The third-order valence-corrected chi connectivity index (χ3v) is 3.70. The van der Waals surface area contributed by atoms with Gasteiger partial charge in [-0.1, -0.05) is 0 Å². The Bertz CT molecular complexity index is 929. The second kappa shape index (κ2) is 6.01. The molecule has 0 saturated heterocycles. The highest BCUT2D eigenvalue weighted by molar-refractivity contribution is 6.01. The maximum Gasteiger partial charge on any atom is 0.336 e. The summed E-state index contributed by atoms with van der Waals surface area (Å²) in [6.45, 7) is 3.21. The molecule has 0 bridgehead atoms. The third kappa shape index (κ3) is 2.98. The zero-order chi connectivity index (χ0) is 17.3. The molecule has 2 aromatic heterocycles. The number of carbonyl (C=O) groups excluding carboxylic acids is 1.